The molecule has 0 bridgehead atoms. The van der Waals surface area contributed by atoms with Gasteiger partial charge in [-0.2, -0.15) is 0 Å². The Morgan fingerprint density at radius 1 is 1.00 bits per heavy atom. The van der Waals surface area contributed by atoms with Gasteiger partial charge < -0.3 is 33.7 Å². The second-order valence-electron chi connectivity index (χ2n) is 5.09. The van der Waals surface area contributed by atoms with E-state index in [1.165, 1.54) is 21.3 Å². The smallest absolute Gasteiger partial charge is 0.251 e. The number of carbonyl (C=O) groups excluding carboxylic acids is 1. The van der Waals surface area contributed by atoms with Gasteiger partial charge in [-0.15, -0.1) is 0 Å². The third kappa shape index (κ3) is 6.70. The highest BCUT2D eigenvalue weighted by atomic mass is 16.7. The molecule has 0 aliphatic rings. The van der Waals surface area contributed by atoms with Gasteiger partial charge in [-0.05, 0) is 26.0 Å². The highest BCUT2D eigenvalue weighted by Crippen LogP contribution is 2.38. The molecule has 8 heteroatoms. The summed E-state index contributed by atoms with van der Waals surface area (Å²) in [7, 11) is 4.51. The van der Waals surface area contributed by atoms with E-state index in [0.29, 0.717) is 55.8 Å². The summed E-state index contributed by atoms with van der Waals surface area (Å²) in [4.78, 5) is 12.3. The Kier molecular flexibility index (Phi) is 10.5. The third-order valence-electron chi connectivity index (χ3n) is 3.42. The van der Waals surface area contributed by atoms with Crippen molar-refractivity contribution in [3.8, 4) is 17.2 Å². The zero-order chi connectivity index (χ0) is 19.4. The number of carbonyl (C=O) groups is 1. The summed E-state index contributed by atoms with van der Waals surface area (Å²) >= 11 is 0. The molecule has 0 saturated carbocycles. The van der Waals surface area contributed by atoms with Crippen LogP contribution < -0.4 is 19.5 Å². The van der Waals surface area contributed by atoms with Crippen molar-refractivity contribution in [2.75, 3.05) is 54.3 Å². The second-order valence-corrected chi connectivity index (χ2v) is 5.09. The molecular formula is C18H29NO7. The van der Waals surface area contributed by atoms with Gasteiger partial charge in [0.1, 0.15) is 0 Å². The van der Waals surface area contributed by atoms with Crippen molar-refractivity contribution in [1.29, 1.82) is 0 Å². The molecule has 0 heterocycles. The van der Waals surface area contributed by atoms with Crippen molar-refractivity contribution >= 4 is 5.91 Å². The van der Waals surface area contributed by atoms with Crippen LogP contribution >= 0.6 is 0 Å². The summed E-state index contributed by atoms with van der Waals surface area (Å²) in [6.07, 6.45) is -0.393. The first-order chi connectivity index (χ1) is 12.6. The standard InChI is InChI=1S/C18H29NO7/c1-6-25-16(26-7-2)12-24-9-8-19-18(20)13-10-14(21-3)17(23-5)15(11-13)22-4/h10-11,16H,6-9,12H2,1-5H3,(H,19,20). The fourth-order valence-electron chi connectivity index (χ4n) is 2.25. The maximum Gasteiger partial charge on any atom is 0.251 e. The quantitative estimate of drug-likeness (QED) is 0.418. The normalized spacial score (nSPS) is 10.7. The summed E-state index contributed by atoms with van der Waals surface area (Å²) in [5.41, 5.74) is 0.404. The average Bonchev–Trinajstić information content (AvgIpc) is 2.66. The summed E-state index contributed by atoms with van der Waals surface area (Å²) in [5.74, 6) is 1.01. The minimum Gasteiger partial charge on any atom is -0.493 e. The van der Waals surface area contributed by atoms with Crippen LogP contribution in [-0.2, 0) is 14.2 Å². The van der Waals surface area contributed by atoms with Gasteiger partial charge in [-0.25, -0.2) is 0 Å². The Labute approximate surface area is 154 Å². The summed E-state index contributed by atoms with van der Waals surface area (Å²) < 4.78 is 32.0. The molecule has 0 unspecified atom stereocenters. The Hall–Kier alpha value is -2.03. The first-order valence-corrected chi connectivity index (χ1v) is 8.50. The number of nitrogens with one attached hydrogen (secondary N) is 1. The highest BCUT2D eigenvalue weighted by Gasteiger charge is 2.16. The summed E-state index contributed by atoms with van der Waals surface area (Å²) in [6.45, 7) is 5.88. The Balaban J connectivity index is 2.53. The molecule has 0 fully saturated rings. The Morgan fingerprint density at radius 2 is 1.58 bits per heavy atom. The van der Waals surface area contributed by atoms with Crippen LogP contribution in [0.1, 0.15) is 24.2 Å². The van der Waals surface area contributed by atoms with Crippen molar-refractivity contribution in [3.05, 3.63) is 17.7 Å². The van der Waals surface area contributed by atoms with E-state index < -0.39 is 6.29 Å². The monoisotopic (exact) mass is 371 g/mol. The maximum atomic E-state index is 12.3. The van der Waals surface area contributed by atoms with Gasteiger partial charge >= 0.3 is 0 Å². The fraction of sp³-hybridized carbons (Fsp3) is 0.611. The van der Waals surface area contributed by atoms with E-state index in [2.05, 4.69) is 5.32 Å². The minimum absolute atomic E-state index is 0.265. The number of methoxy groups -OCH3 is 3. The maximum absolute atomic E-state index is 12.3. The van der Waals surface area contributed by atoms with Crippen LogP contribution in [-0.4, -0.2) is 66.5 Å². The van der Waals surface area contributed by atoms with Crippen molar-refractivity contribution < 1.29 is 33.2 Å². The van der Waals surface area contributed by atoms with Gasteiger partial charge in [0.05, 0.1) is 34.5 Å². The lowest BCUT2D eigenvalue weighted by Gasteiger charge is -2.17. The zero-order valence-corrected chi connectivity index (χ0v) is 16.1. The van der Waals surface area contributed by atoms with Gasteiger partial charge in [-0.1, -0.05) is 0 Å². The van der Waals surface area contributed by atoms with Crippen LogP contribution in [0.4, 0.5) is 0 Å². The molecular weight excluding hydrogens is 342 g/mol. The van der Waals surface area contributed by atoms with Crippen molar-refractivity contribution in [3.63, 3.8) is 0 Å². The van der Waals surface area contributed by atoms with Gasteiger partial charge in [0.2, 0.25) is 5.75 Å². The molecule has 0 aliphatic carbocycles. The van der Waals surface area contributed by atoms with Crippen LogP contribution in [0.3, 0.4) is 0 Å². The largest absolute Gasteiger partial charge is 0.493 e. The lowest BCUT2D eigenvalue weighted by atomic mass is 10.1. The predicted octanol–water partition coefficient (Wildman–Crippen LogP) is 1.86. The lowest BCUT2D eigenvalue weighted by molar-refractivity contribution is -0.166. The lowest BCUT2D eigenvalue weighted by Crippen LogP contribution is -2.29. The molecule has 0 atom stereocenters. The van der Waals surface area contributed by atoms with Gasteiger partial charge in [0.25, 0.3) is 5.91 Å². The molecule has 1 N–H and O–H groups in total. The van der Waals surface area contributed by atoms with E-state index in [1.54, 1.807) is 12.1 Å². The van der Waals surface area contributed by atoms with Crippen LogP contribution in [0.5, 0.6) is 17.2 Å². The second kappa shape index (κ2) is 12.3. The van der Waals surface area contributed by atoms with E-state index in [0.717, 1.165) is 0 Å². The van der Waals surface area contributed by atoms with E-state index in [4.69, 9.17) is 28.4 Å². The molecule has 148 valence electrons. The predicted molar refractivity (Wildman–Crippen MR) is 96.3 cm³/mol. The third-order valence-corrected chi connectivity index (χ3v) is 3.42. The van der Waals surface area contributed by atoms with Crippen LogP contribution in [0.2, 0.25) is 0 Å². The molecule has 1 rings (SSSR count). The number of amides is 1. The van der Waals surface area contributed by atoms with Crippen molar-refractivity contribution in [1.82, 2.24) is 5.32 Å². The molecule has 0 saturated heterocycles. The van der Waals surface area contributed by atoms with E-state index in [9.17, 15) is 4.79 Å². The van der Waals surface area contributed by atoms with Crippen LogP contribution in [0, 0.1) is 0 Å². The molecule has 1 aromatic carbocycles. The fourth-order valence-corrected chi connectivity index (χ4v) is 2.25. The summed E-state index contributed by atoms with van der Waals surface area (Å²) in [6, 6.07) is 3.19. The van der Waals surface area contributed by atoms with Gasteiger partial charge in [-0.3, -0.25) is 4.79 Å². The van der Waals surface area contributed by atoms with E-state index >= 15 is 0 Å². The zero-order valence-electron chi connectivity index (χ0n) is 16.1. The average molecular weight is 371 g/mol. The van der Waals surface area contributed by atoms with E-state index in [1.807, 2.05) is 13.8 Å². The van der Waals surface area contributed by atoms with Gasteiger partial charge in [0, 0.05) is 25.3 Å². The van der Waals surface area contributed by atoms with Crippen LogP contribution in [0.15, 0.2) is 12.1 Å². The van der Waals surface area contributed by atoms with Crippen LogP contribution in [0.25, 0.3) is 0 Å². The molecule has 8 nitrogen and oxygen atoms in total. The molecule has 0 radical (unpaired) electrons. The number of ether oxygens (including phenoxy) is 6. The van der Waals surface area contributed by atoms with Gasteiger partial charge in [0.15, 0.2) is 17.8 Å². The van der Waals surface area contributed by atoms with Crippen molar-refractivity contribution in [2.24, 2.45) is 0 Å². The van der Waals surface area contributed by atoms with Crippen molar-refractivity contribution in [2.45, 2.75) is 20.1 Å². The molecule has 0 aliphatic heterocycles. The number of rotatable bonds is 13. The molecule has 0 aromatic heterocycles. The molecule has 1 amide bonds. The number of hydrogen-bond acceptors (Lipinski definition) is 7. The molecule has 1 aromatic rings. The Bertz CT molecular complexity index is 519. The van der Waals surface area contributed by atoms with E-state index in [-0.39, 0.29) is 5.91 Å². The molecule has 0 spiro atoms. The SMILES string of the molecule is CCOC(COCCNC(=O)c1cc(OC)c(OC)c(OC)c1)OCC. The Morgan fingerprint density at radius 3 is 2.04 bits per heavy atom. The first kappa shape index (κ1) is 22.0. The highest BCUT2D eigenvalue weighted by molar-refractivity contribution is 5.95. The first-order valence-electron chi connectivity index (χ1n) is 8.50. The minimum atomic E-state index is -0.393. The molecule has 26 heavy (non-hydrogen) atoms. The number of hydrogen-bond donors (Lipinski definition) is 1. The summed E-state index contributed by atoms with van der Waals surface area (Å²) in [5, 5.41) is 2.78. The topological polar surface area (TPSA) is 84.5 Å². The number of benzene rings is 1.